The highest BCUT2D eigenvalue weighted by Gasteiger charge is 2.13. The summed E-state index contributed by atoms with van der Waals surface area (Å²) in [4.78, 5) is 0. The van der Waals surface area contributed by atoms with E-state index in [-0.39, 0.29) is 0 Å². The van der Waals surface area contributed by atoms with Gasteiger partial charge in [-0.3, -0.25) is 0 Å². The number of allylic oxidation sites excluding steroid dienone is 1. The molecule has 0 atom stereocenters. The molecular weight excluding hydrogens is 168 g/mol. The summed E-state index contributed by atoms with van der Waals surface area (Å²) in [6.45, 7) is 4.50. The number of rotatable bonds is 4. The van der Waals surface area contributed by atoms with E-state index in [1.54, 1.807) is 0 Å². The minimum Gasteiger partial charge on any atom is -0.126 e. The molecular formula is C14H24. The molecule has 0 nitrogen and oxygen atoms in total. The van der Waals surface area contributed by atoms with Crippen LogP contribution in [0.1, 0.15) is 65.2 Å². The van der Waals surface area contributed by atoms with Crippen molar-refractivity contribution in [2.45, 2.75) is 65.2 Å². The summed E-state index contributed by atoms with van der Waals surface area (Å²) in [6.07, 6.45) is 13.2. The number of hydrogen-bond donors (Lipinski definition) is 0. The zero-order valence-corrected chi connectivity index (χ0v) is 9.81. The van der Waals surface area contributed by atoms with Gasteiger partial charge in [-0.2, -0.15) is 0 Å². The molecule has 0 radical (unpaired) electrons. The lowest BCUT2D eigenvalue weighted by Gasteiger charge is -2.20. The molecule has 0 heterocycles. The van der Waals surface area contributed by atoms with E-state index in [4.69, 9.17) is 0 Å². The van der Waals surface area contributed by atoms with Crippen LogP contribution >= 0.6 is 0 Å². The van der Waals surface area contributed by atoms with Crippen molar-refractivity contribution in [1.29, 1.82) is 0 Å². The van der Waals surface area contributed by atoms with E-state index < -0.39 is 0 Å². The lowest BCUT2D eigenvalue weighted by molar-refractivity contribution is 0.403. The highest BCUT2D eigenvalue weighted by Crippen LogP contribution is 2.28. The molecule has 0 amide bonds. The highest BCUT2D eigenvalue weighted by atomic mass is 14.2. The summed E-state index contributed by atoms with van der Waals surface area (Å²) in [6, 6.07) is 0. The molecule has 0 N–H and O–H groups in total. The van der Waals surface area contributed by atoms with E-state index in [0.717, 1.165) is 5.92 Å². The lowest BCUT2D eigenvalue weighted by Crippen LogP contribution is -2.06. The smallest absolute Gasteiger partial charge is 0.0130 e. The lowest BCUT2D eigenvalue weighted by atomic mass is 9.85. The second-order valence-electron chi connectivity index (χ2n) is 4.51. The quantitative estimate of drug-likeness (QED) is 0.441. The maximum absolute atomic E-state index is 3.48. The van der Waals surface area contributed by atoms with Crippen molar-refractivity contribution in [2.75, 3.05) is 0 Å². The molecule has 1 fully saturated rings. The molecule has 1 aliphatic rings. The first-order valence-electron chi connectivity index (χ1n) is 6.26. The normalized spacial score (nSPS) is 17.6. The van der Waals surface area contributed by atoms with Crippen molar-refractivity contribution in [3.05, 3.63) is 17.4 Å². The molecule has 0 aromatic rings. The number of unbranched alkanes of at least 4 members (excludes halogenated alkanes) is 2. The van der Waals surface area contributed by atoms with Crippen LogP contribution in [0, 0.1) is 5.92 Å². The Morgan fingerprint density at radius 1 is 1.29 bits per heavy atom. The van der Waals surface area contributed by atoms with Crippen LogP contribution in [0.5, 0.6) is 0 Å². The fourth-order valence-electron chi connectivity index (χ4n) is 2.19. The Hall–Kier alpha value is -0.480. The Labute approximate surface area is 89.1 Å². The van der Waals surface area contributed by atoms with Gasteiger partial charge in [0.2, 0.25) is 0 Å². The second kappa shape index (κ2) is 6.90. The topological polar surface area (TPSA) is 0 Å². The fraction of sp³-hybridized carbons (Fsp3) is 0.786. The van der Waals surface area contributed by atoms with Gasteiger partial charge in [-0.15, -0.1) is 5.73 Å². The standard InChI is InChI=1S/C14H24/c1-3-4-5-7-10-13(2)14-11-8-6-9-12-14/h7,14H,3-6,8-9,11-12H2,1-2H3. The molecule has 1 rings (SSSR count). The fourth-order valence-corrected chi connectivity index (χ4v) is 2.19. The van der Waals surface area contributed by atoms with E-state index in [0.29, 0.717) is 0 Å². The number of hydrogen-bond acceptors (Lipinski definition) is 0. The van der Waals surface area contributed by atoms with Gasteiger partial charge in [-0.05, 0) is 50.2 Å². The highest BCUT2D eigenvalue weighted by molar-refractivity contribution is 5.04. The van der Waals surface area contributed by atoms with E-state index >= 15 is 0 Å². The van der Waals surface area contributed by atoms with Crippen molar-refractivity contribution >= 4 is 0 Å². The third-order valence-electron chi connectivity index (χ3n) is 3.25. The monoisotopic (exact) mass is 192 g/mol. The van der Waals surface area contributed by atoms with Crippen LogP contribution in [-0.4, -0.2) is 0 Å². The Morgan fingerprint density at radius 2 is 2.00 bits per heavy atom. The maximum Gasteiger partial charge on any atom is -0.0130 e. The van der Waals surface area contributed by atoms with Crippen LogP contribution in [0.3, 0.4) is 0 Å². The minimum absolute atomic E-state index is 0.849. The summed E-state index contributed by atoms with van der Waals surface area (Å²) in [5.41, 5.74) is 4.98. The van der Waals surface area contributed by atoms with Gasteiger partial charge in [0.1, 0.15) is 0 Å². The SMILES string of the molecule is CCCCC=C=C(C)C1CCCCC1. The Bertz CT molecular complexity index is 200. The predicted molar refractivity (Wildman–Crippen MR) is 63.4 cm³/mol. The largest absolute Gasteiger partial charge is 0.126 e. The van der Waals surface area contributed by atoms with Gasteiger partial charge in [-0.1, -0.05) is 32.6 Å². The molecule has 0 bridgehead atoms. The van der Waals surface area contributed by atoms with Gasteiger partial charge in [0.25, 0.3) is 0 Å². The Morgan fingerprint density at radius 3 is 2.64 bits per heavy atom. The van der Waals surface area contributed by atoms with Crippen molar-refractivity contribution in [3.63, 3.8) is 0 Å². The Balaban J connectivity index is 2.36. The van der Waals surface area contributed by atoms with Crippen LogP contribution in [-0.2, 0) is 0 Å². The molecule has 0 unspecified atom stereocenters. The molecule has 80 valence electrons. The van der Waals surface area contributed by atoms with E-state index in [1.165, 1.54) is 56.9 Å². The zero-order chi connectivity index (χ0) is 10.2. The summed E-state index contributed by atoms with van der Waals surface area (Å²) in [7, 11) is 0. The van der Waals surface area contributed by atoms with Gasteiger partial charge in [0.05, 0.1) is 0 Å². The van der Waals surface area contributed by atoms with Crippen molar-refractivity contribution in [3.8, 4) is 0 Å². The molecule has 1 saturated carbocycles. The maximum atomic E-state index is 3.48. The second-order valence-corrected chi connectivity index (χ2v) is 4.51. The van der Waals surface area contributed by atoms with Crippen molar-refractivity contribution in [1.82, 2.24) is 0 Å². The van der Waals surface area contributed by atoms with E-state index in [9.17, 15) is 0 Å². The molecule has 0 aliphatic heterocycles. The molecule has 0 heteroatoms. The first-order valence-corrected chi connectivity index (χ1v) is 6.26. The summed E-state index contributed by atoms with van der Waals surface area (Å²) < 4.78 is 0. The van der Waals surface area contributed by atoms with E-state index in [1.807, 2.05) is 0 Å². The molecule has 0 aromatic carbocycles. The predicted octanol–water partition coefficient (Wildman–Crippen LogP) is 4.86. The third-order valence-corrected chi connectivity index (χ3v) is 3.25. The average molecular weight is 192 g/mol. The summed E-state index contributed by atoms with van der Waals surface area (Å²) >= 11 is 0. The average Bonchev–Trinajstić information content (AvgIpc) is 2.25. The van der Waals surface area contributed by atoms with Crippen LogP contribution < -0.4 is 0 Å². The van der Waals surface area contributed by atoms with Crippen molar-refractivity contribution < 1.29 is 0 Å². The molecule has 0 saturated heterocycles. The molecule has 0 spiro atoms. The van der Waals surface area contributed by atoms with Gasteiger partial charge in [0.15, 0.2) is 0 Å². The van der Waals surface area contributed by atoms with Gasteiger partial charge in [0, 0.05) is 0 Å². The molecule has 0 aromatic heterocycles. The van der Waals surface area contributed by atoms with Gasteiger partial charge in [-0.25, -0.2) is 0 Å². The minimum atomic E-state index is 0.849. The van der Waals surface area contributed by atoms with Gasteiger partial charge < -0.3 is 0 Å². The summed E-state index contributed by atoms with van der Waals surface area (Å²) in [5.74, 6) is 0.849. The van der Waals surface area contributed by atoms with Crippen LogP contribution in [0.25, 0.3) is 0 Å². The van der Waals surface area contributed by atoms with E-state index in [2.05, 4.69) is 25.7 Å². The first kappa shape index (κ1) is 11.6. The molecule has 1 aliphatic carbocycles. The molecule has 14 heavy (non-hydrogen) atoms. The first-order chi connectivity index (χ1) is 6.84. The van der Waals surface area contributed by atoms with Crippen molar-refractivity contribution in [2.24, 2.45) is 5.92 Å². The zero-order valence-electron chi connectivity index (χ0n) is 9.81. The van der Waals surface area contributed by atoms with Gasteiger partial charge >= 0.3 is 0 Å². The summed E-state index contributed by atoms with van der Waals surface area (Å²) in [5, 5.41) is 0. The third kappa shape index (κ3) is 4.15. The van der Waals surface area contributed by atoms with Crippen LogP contribution in [0.4, 0.5) is 0 Å². The Kier molecular flexibility index (Phi) is 5.71. The van der Waals surface area contributed by atoms with Crippen LogP contribution in [0.2, 0.25) is 0 Å². The van der Waals surface area contributed by atoms with Crippen LogP contribution in [0.15, 0.2) is 17.4 Å².